The van der Waals surface area contributed by atoms with Crippen LogP contribution < -0.4 is 0 Å². The number of rotatable bonds is 4. The van der Waals surface area contributed by atoms with Crippen LogP contribution in [0.3, 0.4) is 0 Å². The van der Waals surface area contributed by atoms with Crippen molar-refractivity contribution < 1.29 is 4.79 Å². The van der Waals surface area contributed by atoms with Gasteiger partial charge in [-0.05, 0) is 35.5 Å². The Morgan fingerprint density at radius 3 is 2.00 bits per heavy atom. The molecule has 0 aliphatic heterocycles. The molecule has 1 rings (SSSR count). The topological polar surface area (TPSA) is 17.1 Å². The molecule has 0 aromatic rings. The number of ketones is 1. The third-order valence-corrected chi connectivity index (χ3v) is 11.7. The summed E-state index contributed by atoms with van der Waals surface area (Å²) in [5.74, 6) is 3.91. The standard InChI is InChI=1S/C19H32OSi/c1-8-19(11-9-18(20)10-12-19)13-14-21(15(2)3,16(4)5)17(6)7/h9,11,15-17H,8,10,12H2,1-7H3. The van der Waals surface area contributed by atoms with Gasteiger partial charge in [-0.3, -0.25) is 4.79 Å². The zero-order chi connectivity index (χ0) is 16.3. The van der Waals surface area contributed by atoms with E-state index in [1.54, 1.807) is 6.08 Å². The Labute approximate surface area is 132 Å². The minimum Gasteiger partial charge on any atom is -0.295 e. The average Bonchev–Trinajstić information content (AvgIpc) is 2.40. The fraction of sp³-hybridized carbons (Fsp3) is 0.737. The number of carbonyl (C=O) groups is 1. The minimum absolute atomic E-state index is 0.0647. The summed E-state index contributed by atoms with van der Waals surface area (Å²) in [7, 11) is -1.67. The van der Waals surface area contributed by atoms with E-state index < -0.39 is 8.07 Å². The molecule has 0 bridgehead atoms. The molecule has 118 valence electrons. The van der Waals surface area contributed by atoms with E-state index in [0.717, 1.165) is 12.8 Å². The van der Waals surface area contributed by atoms with E-state index in [4.69, 9.17) is 0 Å². The van der Waals surface area contributed by atoms with Crippen LogP contribution in [0.25, 0.3) is 0 Å². The first-order valence-electron chi connectivity index (χ1n) is 8.46. The van der Waals surface area contributed by atoms with Crippen molar-refractivity contribution in [2.24, 2.45) is 5.41 Å². The lowest BCUT2D eigenvalue weighted by Gasteiger charge is -2.39. The van der Waals surface area contributed by atoms with Crippen LogP contribution in [0.15, 0.2) is 12.2 Å². The van der Waals surface area contributed by atoms with Crippen LogP contribution in [0.4, 0.5) is 0 Å². The van der Waals surface area contributed by atoms with Gasteiger partial charge in [0.1, 0.15) is 8.07 Å². The summed E-state index contributed by atoms with van der Waals surface area (Å²) in [5.41, 5.74) is 5.75. The van der Waals surface area contributed by atoms with Crippen LogP contribution in [-0.2, 0) is 4.79 Å². The van der Waals surface area contributed by atoms with Crippen molar-refractivity contribution in [3.05, 3.63) is 12.2 Å². The first-order valence-corrected chi connectivity index (χ1v) is 10.7. The van der Waals surface area contributed by atoms with Crippen molar-refractivity contribution in [3.8, 4) is 11.5 Å². The van der Waals surface area contributed by atoms with Crippen LogP contribution in [0, 0.1) is 16.9 Å². The molecule has 1 aliphatic carbocycles. The molecule has 0 saturated heterocycles. The van der Waals surface area contributed by atoms with Gasteiger partial charge >= 0.3 is 0 Å². The molecule has 0 N–H and O–H groups in total. The Morgan fingerprint density at radius 1 is 1.14 bits per heavy atom. The van der Waals surface area contributed by atoms with Crippen molar-refractivity contribution in [2.75, 3.05) is 0 Å². The van der Waals surface area contributed by atoms with Gasteiger partial charge in [-0.1, -0.05) is 60.5 Å². The second-order valence-electron chi connectivity index (χ2n) is 7.46. The van der Waals surface area contributed by atoms with Crippen molar-refractivity contribution in [3.63, 3.8) is 0 Å². The van der Waals surface area contributed by atoms with E-state index in [0.29, 0.717) is 23.0 Å². The van der Waals surface area contributed by atoms with E-state index in [9.17, 15) is 4.79 Å². The second kappa shape index (κ2) is 6.96. The van der Waals surface area contributed by atoms with Gasteiger partial charge in [0.2, 0.25) is 0 Å². The van der Waals surface area contributed by atoms with Gasteiger partial charge in [0, 0.05) is 11.8 Å². The summed E-state index contributed by atoms with van der Waals surface area (Å²) in [4.78, 5) is 11.5. The molecule has 1 nitrogen and oxygen atoms in total. The molecular formula is C19H32OSi. The molecule has 0 amide bonds. The summed E-state index contributed by atoms with van der Waals surface area (Å²) in [6.07, 6.45) is 6.38. The number of allylic oxidation sites excluding steroid dienone is 2. The lowest BCUT2D eigenvalue weighted by atomic mass is 9.77. The zero-order valence-corrected chi connectivity index (χ0v) is 15.9. The molecule has 1 atom stereocenters. The third-order valence-electron chi connectivity index (χ3n) is 5.43. The molecule has 0 saturated carbocycles. The Morgan fingerprint density at radius 2 is 1.67 bits per heavy atom. The molecule has 0 fully saturated rings. The molecule has 21 heavy (non-hydrogen) atoms. The summed E-state index contributed by atoms with van der Waals surface area (Å²) in [6.45, 7) is 16.3. The average molecular weight is 305 g/mol. The van der Waals surface area contributed by atoms with Crippen LogP contribution in [0.5, 0.6) is 0 Å². The fourth-order valence-electron chi connectivity index (χ4n) is 3.92. The van der Waals surface area contributed by atoms with Crippen LogP contribution in [0.1, 0.15) is 67.7 Å². The minimum atomic E-state index is -1.67. The van der Waals surface area contributed by atoms with Crippen molar-refractivity contribution >= 4 is 13.9 Å². The molecule has 0 spiro atoms. The van der Waals surface area contributed by atoms with Crippen LogP contribution in [-0.4, -0.2) is 13.9 Å². The van der Waals surface area contributed by atoms with Crippen LogP contribution in [0.2, 0.25) is 16.6 Å². The monoisotopic (exact) mass is 304 g/mol. The second-order valence-corrected chi connectivity index (χ2v) is 13.0. The predicted molar refractivity (Wildman–Crippen MR) is 94.9 cm³/mol. The molecule has 0 radical (unpaired) electrons. The van der Waals surface area contributed by atoms with E-state index in [-0.39, 0.29) is 11.2 Å². The van der Waals surface area contributed by atoms with Crippen molar-refractivity contribution in [2.45, 2.75) is 84.4 Å². The maximum Gasteiger partial charge on any atom is 0.155 e. The molecule has 2 heteroatoms. The summed E-state index contributed by atoms with van der Waals surface area (Å²) < 4.78 is 0. The smallest absolute Gasteiger partial charge is 0.155 e. The maximum absolute atomic E-state index is 11.5. The highest BCUT2D eigenvalue weighted by atomic mass is 28.3. The highest BCUT2D eigenvalue weighted by Crippen LogP contribution is 2.42. The number of hydrogen-bond acceptors (Lipinski definition) is 1. The van der Waals surface area contributed by atoms with Crippen molar-refractivity contribution in [1.29, 1.82) is 0 Å². The maximum atomic E-state index is 11.5. The van der Waals surface area contributed by atoms with Gasteiger partial charge in [0.15, 0.2) is 5.78 Å². The van der Waals surface area contributed by atoms with E-state index in [1.165, 1.54) is 0 Å². The number of carbonyl (C=O) groups excluding carboxylic acids is 1. The van der Waals surface area contributed by atoms with Gasteiger partial charge < -0.3 is 0 Å². The molecule has 0 aromatic heterocycles. The van der Waals surface area contributed by atoms with Gasteiger partial charge in [0.25, 0.3) is 0 Å². The van der Waals surface area contributed by atoms with Gasteiger partial charge in [-0.2, -0.15) is 0 Å². The SMILES string of the molecule is CCC1(C#C[Si](C(C)C)(C(C)C)C(C)C)C=CC(=O)CC1. The third kappa shape index (κ3) is 3.69. The lowest BCUT2D eigenvalue weighted by molar-refractivity contribution is -0.115. The molecule has 1 unspecified atom stereocenters. The zero-order valence-electron chi connectivity index (χ0n) is 14.9. The van der Waals surface area contributed by atoms with Gasteiger partial charge in [0.05, 0.1) is 0 Å². The predicted octanol–water partition coefficient (Wildman–Crippen LogP) is 5.52. The largest absolute Gasteiger partial charge is 0.295 e. The van der Waals surface area contributed by atoms with Gasteiger partial charge in [-0.25, -0.2) is 0 Å². The lowest BCUT2D eigenvalue weighted by Crippen LogP contribution is -2.43. The fourth-order valence-corrected chi connectivity index (χ4v) is 9.25. The van der Waals surface area contributed by atoms with Crippen LogP contribution >= 0.6 is 0 Å². The quantitative estimate of drug-likeness (QED) is 0.493. The number of hydrogen-bond donors (Lipinski definition) is 0. The Kier molecular flexibility index (Phi) is 6.05. The van der Waals surface area contributed by atoms with E-state index >= 15 is 0 Å². The highest BCUT2D eigenvalue weighted by molar-refractivity contribution is 6.90. The first kappa shape index (κ1) is 18.2. The van der Waals surface area contributed by atoms with E-state index in [2.05, 4.69) is 66.0 Å². The molecule has 1 aliphatic rings. The Balaban J connectivity index is 3.26. The summed E-state index contributed by atoms with van der Waals surface area (Å²) in [5, 5.41) is 0. The summed E-state index contributed by atoms with van der Waals surface area (Å²) >= 11 is 0. The Hall–Kier alpha value is -0.813. The highest BCUT2D eigenvalue weighted by Gasteiger charge is 2.42. The first-order chi connectivity index (χ1) is 9.70. The molecule has 0 heterocycles. The summed E-state index contributed by atoms with van der Waals surface area (Å²) in [6, 6.07) is 0. The van der Waals surface area contributed by atoms with Gasteiger partial charge in [-0.15, -0.1) is 5.54 Å². The normalized spacial score (nSPS) is 22.9. The van der Waals surface area contributed by atoms with Crippen molar-refractivity contribution in [1.82, 2.24) is 0 Å². The Bertz CT molecular complexity index is 440. The van der Waals surface area contributed by atoms with E-state index in [1.807, 2.05) is 0 Å². The molecule has 0 aromatic carbocycles. The molecular weight excluding hydrogens is 272 g/mol.